The number of nitrogens with two attached hydrogens (primary N) is 1. The van der Waals surface area contributed by atoms with Gasteiger partial charge in [-0.15, -0.1) is 0 Å². The molecule has 16 heavy (non-hydrogen) atoms. The van der Waals surface area contributed by atoms with Gasteiger partial charge < -0.3 is 10.3 Å². The fraction of sp³-hybridized carbons (Fsp3) is 0.182. The summed E-state index contributed by atoms with van der Waals surface area (Å²) < 4.78 is 1.81. The van der Waals surface area contributed by atoms with Crippen LogP contribution in [0.1, 0.15) is 5.82 Å². The van der Waals surface area contributed by atoms with E-state index in [4.69, 9.17) is 28.9 Å². The number of imidazole rings is 1. The molecule has 2 aromatic rings. The van der Waals surface area contributed by atoms with E-state index in [9.17, 15) is 0 Å². The highest BCUT2D eigenvalue weighted by Crippen LogP contribution is 2.35. The number of rotatable bonds is 1. The van der Waals surface area contributed by atoms with E-state index in [2.05, 4.69) is 4.98 Å². The van der Waals surface area contributed by atoms with Gasteiger partial charge in [0, 0.05) is 12.6 Å². The molecule has 5 heteroatoms. The van der Waals surface area contributed by atoms with Crippen molar-refractivity contribution in [2.75, 3.05) is 5.73 Å². The molecule has 3 nitrogen and oxygen atoms in total. The Labute approximate surface area is 104 Å². The molecule has 0 bridgehead atoms. The molecule has 0 aliphatic carbocycles. The van der Waals surface area contributed by atoms with E-state index < -0.39 is 0 Å². The number of benzene rings is 1. The largest absolute Gasteiger partial charge is 0.383 e. The summed E-state index contributed by atoms with van der Waals surface area (Å²) in [5.41, 5.74) is 7.39. The molecule has 0 amide bonds. The SMILES string of the molecule is Cc1nc(-c2cccc(Cl)c2Cl)c(N)n1C. The Hall–Kier alpha value is -1.19. The molecule has 0 aliphatic rings. The fourth-order valence-electron chi connectivity index (χ4n) is 1.51. The Morgan fingerprint density at radius 1 is 1.31 bits per heavy atom. The minimum atomic E-state index is 0.481. The highest BCUT2D eigenvalue weighted by molar-refractivity contribution is 6.43. The van der Waals surface area contributed by atoms with E-state index >= 15 is 0 Å². The molecule has 0 saturated heterocycles. The number of nitrogen functional groups attached to an aromatic ring is 1. The number of halogens is 2. The molecule has 0 spiro atoms. The van der Waals surface area contributed by atoms with Crippen LogP contribution in [0.4, 0.5) is 5.82 Å². The molecule has 1 aromatic heterocycles. The van der Waals surface area contributed by atoms with Crippen LogP contribution >= 0.6 is 23.2 Å². The maximum absolute atomic E-state index is 6.12. The molecule has 2 rings (SSSR count). The fourth-order valence-corrected chi connectivity index (χ4v) is 1.90. The van der Waals surface area contributed by atoms with Crippen molar-refractivity contribution in [2.24, 2.45) is 7.05 Å². The second-order valence-corrected chi connectivity index (χ2v) is 4.34. The molecule has 1 heterocycles. The highest BCUT2D eigenvalue weighted by atomic mass is 35.5. The zero-order valence-corrected chi connectivity index (χ0v) is 10.5. The van der Waals surface area contributed by atoms with Crippen LogP contribution in [-0.4, -0.2) is 9.55 Å². The number of anilines is 1. The highest BCUT2D eigenvalue weighted by Gasteiger charge is 2.15. The lowest BCUT2D eigenvalue weighted by molar-refractivity contribution is 0.868. The van der Waals surface area contributed by atoms with E-state index in [1.54, 1.807) is 6.07 Å². The van der Waals surface area contributed by atoms with Crippen LogP contribution in [0.2, 0.25) is 10.0 Å². The minimum Gasteiger partial charge on any atom is -0.383 e. The molecular weight excluding hydrogens is 245 g/mol. The Kier molecular flexibility index (Phi) is 2.82. The third-order valence-electron chi connectivity index (χ3n) is 2.57. The van der Waals surface area contributed by atoms with Gasteiger partial charge in [-0.2, -0.15) is 0 Å². The van der Waals surface area contributed by atoms with E-state index in [1.807, 2.05) is 30.7 Å². The van der Waals surface area contributed by atoms with Crippen LogP contribution in [0.25, 0.3) is 11.3 Å². The van der Waals surface area contributed by atoms with Gasteiger partial charge in [0.1, 0.15) is 17.3 Å². The Balaban J connectivity index is 2.68. The molecule has 0 unspecified atom stereocenters. The molecule has 84 valence electrons. The summed E-state index contributed by atoms with van der Waals surface area (Å²) in [6.45, 7) is 1.89. The Morgan fingerprint density at radius 3 is 2.56 bits per heavy atom. The van der Waals surface area contributed by atoms with E-state index in [-0.39, 0.29) is 0 Å². The summed E-state index contributed by atoms with van der Waals surface area (Å²) in [7, 11) is 1.86. The lowest BCUT2D eigenvalue weighted by Gasteiger charge is -2.04. The van der Waals surface area contributed by atoms with Crippen LogP contribution in [-0.2, 0) is 7.05 Å². The minimum absolute atomic E-state index is 0.481. The van der Waals surface area contributed by atoms with Crippen LogP contribution in [0.15, 0.2) is 18.2 Å². The van der Waals surface area contributed by atoms with Gasteiger partial charge >= 0.3 is 0 Å². The third-order valence-corrected chi connectivity index (χ3v) is 3.39. The zero-order valence-electron chi connectivity index (χ0n) is 8.96. The number of hydrogen-bond acceptors (Lipinski definition) is 2. The second-order valence-electron chi connectivity index (χ2n) is 3.55. The molecule has 0 fully saturated rings. The predicted molar refractivity (Wildman–Crippen MR) is 67.8 cm³/mol. The number of hydrogen-bond donors (Lipinski definition) is 1. The second kappa shape index (κ2) is 4.00. The van der Waals surface area contributed by atoms with E-state index in [1.165, 1.54) is 0 Å². The van der Waals surface area contributed by atoms with Crippen molar-refractivity contribution in [3.05, 3.63) is 34.1 Å². The van der Waals surface area contributed by atoms with Gasteiger partial charge in [0.15, 0.2) is 0 Å². The topological polar surface area (TPSA) is 43.8 Å². The van der Waals surface area contributed by atoms with Crippen molar-refractivity contribution in [1.82, 2.24) is 9.55 Å². The molecule has 0 saturated carbocycles. The van der Waals surface area contributed by atoms with Gasteiger partial charge in [-0.25, -0.2) is 4.98 Å². The van der Waals surface area contributed by atoms with Crippen molar-refractivity contribution in [3.8, 4) is 11.3 Å². The van der Waals surface area contributed by atoms with E-state index in [0.29, 0.717) is 21.6 Å². The average molecular weight is 256 g/mol. The summed E-state index contributed by atoms with van der Waals surface area (Å²) in [6.07, 6.45) is 0. The summed E-state index contributed by atoms with van der Waals surface area (Å²) in [6, 6.07) is 5.42. The lowest BCUT2D eigenvalue weighted by atomic mass is 10.1. The molecular formula is C11H11Cl2N3. The normalized spacial score (nSPS) is 10.8. The van der Waals surface area contributed by atoms with Crippen molar-refractivity contribution in [3.63, 3.8) is 0 Å². The van der Waals surface area contributed by atoms with Crippen LogP contribution in [0.5, 0.6) is 0 Å². The molecule has 1 aromatic carbocycles. The quantitative estimate of drug-likeness (QED) is 0.850. The van der Waals surface area contributed by atoms with E-state index in [0.717, 1.165) is 11.4 Å². The summed E-state index contributed by atoms with van der Waals surface area (Å²) >= 11 is 12.1. The summed E-state index contributed by atoms with van der Waals surface area (Å²) in [4.78, 5) is 4.38. The first-order chi connectivity index (χ1) is 7.52. The smallest absolute Gasteiger partial charge is 0.131 e. The molecule has 0 atom stereocenters. The predicted octanol–water partition coefficient (Wildman–Crippen LogP) is 3.28. The van der Waals surface area contributed by atoms with Gasteiger partial charge in [-0.05, 0) is 13.0 Å². The first-order valence-corrected chi connectivity index (χ1v) is 5.51. The molecule has 2 N–H and O–H groups in total. The molecule has 0 radical (unpaired) electrons. The van der Waals surface area contributed by atoms with Crippen LogP contribution < -0.4 is 5.73 Å². The van der Waals surface area contributed by atoms with Gasteiger partial charge in [0.05, 0.1) is 10.0 Å². The third kappa shape index (κ3) is 1.66. The average Bonchev–Trinajstić information content (AvgIpc) is 2.50. The maximum atomic E-state index is 6.12. The van der Waals surface area contributed by atoms with Crippen molar-refractivity contribution < 1.29 is 0 Å². The standard InChI is InChI=1S/C11H11Cl2N3/c1-6-15-10(11(14)16(6)2)7-4-3-5-8(12)9(7)13/h3-5H,14H2,1-2H3. The van der Waals surface area contributed by atoms with Gasteiger partial charge in [0.2, 0.25) is 0 Å². The van der Waals surface area contributed by atoms with Crippen LogP contribution in [0, 0.1) is 6.92 Å². The summed E-state index contributed by atoms with van der Waals surface area (Å²) in [5.74, 6) is 1.42. The monoisotopic (exact) mass is 255 g/mol. The van der Waals surface area contributed by atoms with Crippen LogP contribution in [0.3, 0.4) is 0 Å². The zero-order chi connectivity index (χ0) is 11.9. The number of nitrogens with zero attached hydrogens (tertiary/aromatic N) is 2. The van der Waals surface area contributed by atoms with Crippen molar-refractivity contribution in [1.29, 1.82) is 0 Å². The number of aryl methyl sites for hydroxylation is 1. The first kappa shape index (κ1) is 11.3. The van der Waals surface area contributed by atoms with Crippen molar-refractivity contribution >= 4 is 29.0 Å². The van der Waals surface area contributed by atoms with Gasteiger partial charge in [-0.3, -0.25) is 0 Å². The Bertz CT molecular complexity index is 546. The van der Waals surface area contributed by atoms with Gasteiger partial charge in [0.25, 0.3) is 0 Å². The maximum Gasteiger partial charge on any atom is 0.131 e. The van der Waals surface area contributed by atoms with Gasteiger partial charge in [-0.1, -0.05) is 35.3 Å². The summed E-state index contributed by atoms with van der Waals surface area (Å²) in [5, 5.41) is 0.982. The van der Waals surface area contributed by atoms with Crippen molar-refractivity contribution in [2.45, 2.75) is 6.92 Å². The first-order valence-electron chi connectivity index (χ1n) is 4.75. The lowest BCUT2D eigenvalue weighted by Crippen LogP contribution is -1.98. The Morgan fingerprint density at radius 2 is 2.00 bits per heavy atom. The number of aromatic nitrogens is 2. The molecule has 0 aliphatic heterocycles.